The van der Waals surface area contributed by atoms with Crippen LogP contribution in [0.4, 0.5) is 5.69 Å². The molecular weight excluding hydrogens is 236 g/mol. The molecule has 0 atom stereocenters. The Morgan fingerprint density at radius 3 is 2.61 bits per heavy atom. The molecule has 0 unspecified atom stereocenters. The second-order valence-corrected chi connectivity index (χ2v) is 4.33. The molecule has 0 aliphatic carbocycles. The molecule has 0 amide bonds. The summed E-state index contributed by atoms with van der Waals surface area (Å²) in [5.74, 6) is -0.275. The standard InChI is InChI=1S/C12H18N2O4/c1-13(2)6-4-5-9-7-10(14(16)17)12(15)11(8-9)18-3/h7-8,15H,4-6H2,1-3H3. The number of hydrogen-bond acceptors (Lipinski definition) is 5. The smallest absolute Gasteiger partial charge is 0.314 e. The molecule has 6 nitrogen and oxygen atoms in total. The van der Waals surface area contributed by atoms with Gasteiger partial charge in [0.15, 0.2) is 5.75 Å². The first-order valence-corrected chi connectivity index (χ1v) is 5.64. The van der Waals surface area contributed by atoms with Crippen molar-refractivity contribution in [1.82, 2.24) is 4.90 Å². The number of aromatic hydroxyl groups is 1. The topological polar surface area (TPSA) is 75.8 Å². The summed E-state index contributed by atoms with van der Waals surface area (Å²) in [6.45, 7) is 0.900. The van der Waals surface area contributed by atoms with Gasteiger partial charge in [0.05, 0.1) is 12.0 Å². The molecule has 100 valence electrons. The van der Waals surface area contributed by atoms with Crippen molar-refractivity contribution in [2.24, 2.45) is 0 Å². The van der Waals surface area contributed by atoms with E-state index in [1.54, 1.807) is 6.07 Å². The minimum atomic E-state index is -0.604. The summed E-state index contributed by atoms with van der Waals surface area (Å²) in [6, 6.07) is 3.03. The van der Waals surface area contributed by atoms with Crippen molar-refractivity contribution in [2.45, 2.75) is 12.8 Å². The highest BCUT2D eigenvalue weighted by molar-refractivity contribution is 5.57. The molecule has 6 heteroatoms. The third kappa shape index (κ3) is 3.59. The minimum absolute atomic E-state index is 0.143. The van der Waals surface area contributed by atoms with Gasteiger partial charge in [0.2, 0.25) is 5.75 Å². The lowest BCUT2D eigenvalue weighted by atomic mass is 10.1. The Bertz CT molecular complexity index is 432. The summed E-state index contributed by atoms with van der Waals surface area (Å²) >= 11 is 0. The van der Waals surface area contributed by atoms with Crippen molar-refractivity contribution < 1.29 is 14.8 Å². The lowest BCUT2D eigenvalue weighted by Gasteiger charge is -2.10. The first-order valence-electron chi connectivity index (χ1n) is 5.64. The Kier molecular flexibility index (Phi) is 4.91. The Balaban J connectivity index is 2.92. The molecule has 1 aromatic rings. The van der Waals surface area contributed by atoms with E-state index in [0.29, 0.717) is 6.42 Å². The number of hydrogen-bond donors (Lipinski definition) is 1. The fourth-order valence-corrected chi connectivity index (χ4v) is 1.69. The summed E-state index contributed by atoms with van der Waals surface area (Å²) < 4.78 is 4.94. The van der Waals surface area contributed by atoms with E-state index in [0.717, 1.165) is 18.5 Å². The van der Waals surface area contributed by atoms with Crippen LogP contribution in [0, 0.1) is 10.1 Å². The number of phenolic OH excluding ortho intramolecular Hbond substituents is 1. The molecule has 1 aromatic carbocycles. The third-order valence-corrected chi connectivity index (χ3v) is 2.60. The molecule has 0 saturated carbocycles. The number of aryl methyl sites for hydroxylation is 1. The van der Waals surface area contributed by atoms with Gasteiger partial charge in [0.25, 0.3) is 0 Å². The molecule has 0 fully saturated rings. The Hall–Kier alpha value is -1.82. The number of ether oxygens (including phenoxy) is 1. The third-order valence-electron chi connectivity index (χ3n) is 2.60. The van der Waals surface area contributed by atoms with Gasteiger partial charge in [0.1, 0.15) is 0 Å². The highest BCUT2D eigenvalue weighted by Crippen LogP contribution is 2.37. The summed E-state index contributed by atoms with van der Waals surface area (Å²) in [4.78, 5) is 12.2. The monoisotopic (exact) mass is 254 g/mol. The van der Waals surface area contributed by atoms with E-state index in [2.05, 4.69) is 0 Å². The van der Waals surface area contributed by atoms with Crippen LogP contribution in [0.3, 0.4) is 0 Å². The van der Waals surface area contributed by atoms with Crippen LogP contribution in [-0.2, 0) is 6.42 Å². The predicted octanol–water partition coefficient (Wildman–Crippen LogP) is 1.80. The van der Waals surface area contributed by atoms with Gasteiger partial charge < -0.3 is 14.7 Å². The zero-order valence-corrected chi connectivity index (χ0v) is 10.8. The quantitative estimate of drug-likeness (QED) is 0.619. The Labute approximate surface area is 106 Å². The van der Waals surface area contributed by atoms with Crippen molar-refractivity contribution in [3.05, 3.63) is 27.8 Å². The maximum atomic E-state index is 10.8. The maximum Gasteiger partial charge on any atom is 0.314 e. The van der Waals surface area contributed by atoms with Crippen LogP contribution in [0.15, 0.2) is 12.1 Å². The first-order chi connectivity index (χ1) is 8.45. The van der Waals surface area contributed by atoms with Crippen molar-refractivity contribution in [3.63, 3.8) is 0 Å². The van der Waals surface area contributed by atoms with Crippen molar-refractivity contribution in [2.75, 3.05) is 27.7 Å². The zero-order chi connectivity index (χ0) is 13.7. The summed E-state index contributed by atoms with van der Waals surface area (Å²) in [6.07, 6.45) is 1.59. The average Bonchev–Trinajstić information content (AvgIpc) is 2.30. The fourth-order valence-electron chi connectivity index (χ4n) is 1.69. The summed E-state index contributed by atoms with van der Waals surface area (Å²) in [7, 11) is 5.32. The first kappa shape index (κ1) is 14.2. The lowest BCUT2D eigenvalue weighted by molar-refractivity contribution is -0.386. The van der Waals surface area contributed by atoms with Crippen LogP contribution < -0.4 is 4.74 Å². The molecule has 0 aliphatic rings. The van der Waals surface area contributed by atoms with Gasteiger partial charge in [-0.2, -0.15) is 0 Å². The van der Waals surface area contributed by atoms with Crippen LogP contribution in [-0.4, -0.2) is 42.7 Å². The summed E-state index contributed by atoms with van der Waals surface area (Å²) in [5, 5.41) is 20.4. The highest BCUT2D eigenvalue weighted by Gasteiger charge is 2.19. The van der Waals surface area contributed by atoms with Crippen LogP contribution in [0.1, 0.15) is 12.0 Å². The highest BCUT2D eigenvalue weighted by atomic mass is 16.6. The number of nitro groups is 1. The van der Waals surface area contributed by atoms with Crippen LogP contribution in [0.25, 0.3) is 0 Å². The number of methoxy groups -OCH3 is 1. The normalized spacial score (nSPS) is 10.7. The molecule has 0 aliphatic heterocycles. The van der Waals surface area contributed by atoms with E-state index < -0.39 is 10.7 Å². The number of nitro benzene ring substituents is 1. The van der Waals surface area contributed by atoms with E-state index in [-0.39, 0.29) is 11.4 Å². The van der Waals surface area contributed by atoms with Crippen molar-refractivity contribution in [1.29, 1.82) is 0 Å². The van der Waals surface area contributed by atoms with Gasteiger partial charge in [-0.3, -0.25) is 10.1 Å². The minimum Gasteiger partial charge on any atom is -0.500 e. The van der Waals surface area contributed by atoms with Gasteiger partial charge in [-0.25, -0.2) is 0 Å². The summed E-state index contributed by atoms with van der Waals surface area (Å²) in [5.41, 5.74) is 0.479. The number of nitrogens with zero attached hydrogens (tertiary/aromatic N) is 2. The van der Waals surface area contributed by atoms with Crippen LogP contribution >= 0.6 is 0 Å². The average molecular weight is 254 g/mol. The molecule has 18 heavy (non-hydrogen) atoms. The van der Waals surface area contributed by atoms with Gasteiger partial charge in [-0.15, -0.1) is 0 Å². The van der Waals surface area contributed by atoms with Gasteiger partial charge in [0, 0.05) is 6.07 Å². The molecule has 0 radical (unpaired) electrons. The Morgan fingerprint density at radius 2 is 2.11 bits per heavy atom. The maximum absolute atomic E-state index is 10.8. The molecular formula is C12H18N2O4. The number of benzene rings is 1. The predicted molar refractivity (Wildman–Crippen MR) is 68.2 cm³/mol. The molecule has 0 bridgehead atoms. The molecule has 0 spiro atoms. The van der Waals surface area contributed by atoms with E-state index in [1.807, 2.05) is 19.0 Å². The molecule has 0 aromatic heterocycles. The van der Waals surface area contributed by atoms with E-state index in [4.69, 9.17) is 4.74 Å². The molecule has 0 heterocycles. The lowest BCUT2D eigenvalue weighted by Crippen LogP contribution is -2.13. The van der Waals surface area contributed by atoms with E-state index in [1.165, 1.54) is 13.2 Å². The fraction of sp³-hybridized carbons (Fsp3) is 0.500. The van der Waals surface area contributed by atoms with Crippen LogP contribution in [0.2, 0.25) is 0 Å². The SMILES string of the molecule is COc1cc(CCCN(C)C)cc([N+](=O)[O-])c1O. The van der Waals surface area contributed by atoms with Gasteiger partial charge in [-0.05, 0) is 45.1 Å². The molecule has 0 saturated heterocycles. The largest absolute Gasteiger partial charge is 0.500 e. The Morgan fingerprint density at radius 1 is 1.44 bits per heavy atom. The van der Waals surface area contributed by atoms with Crippen molar-refractivity contribution in [3.8, 4) is 11.5 Å². The second-order valence-electron chi connectivity index (χ2n) is 4.33. The molecule has 1 N–H and O–H groups in total. The van der Waals surface area contributed by atoms with Gasteiger partial charge >= 0.3 is 5.69 Å². The second kappa shape index (κ2) is 6.20. The van der Waals surface area contributed by atoms with Crippen molar-refractivity contribution >= 4 is 5.69 Å². The van der Waals surface area contributed by atoms with E-state index >= 15 is 0 Å². The van der Waals surface area contributed by atoms with E-state index in [9.17, 15) is 15.2 Å². The van der Waals surface area contributed by atoms with Gasteiger partial charge in [-0.1, -0.05) is 0 Å². The number of rotatable bonds is 6. The van der Waals surface area contributed by atoms with Crippen LogP contribution in [0.5, 0.6) is 11.5 Å². The molecule has 1 rings (SSSR count). The number of phenols is 1. The zero-order valence-electron chi connectivity index (χ0n) is 10.8.